The van der Waals surface area contributed by atoms with Crippen molar-refractivity contribution in [2.24, 2.45) is 0 Å². The summed E-state index contributed by atoms with van der Waals surface area (Å²) in [6, 6.07) is 1.63. The van der Waals surface area contributed by atoms with Crippen LogP contribution < -0.4 is 5.32 Å². The van der Waals surface area contributed by atoms with E-state index in [1.807, 2.05) is 6.92 Å². The molecule has 0 aromatic heterocycles. The van der Waals surface area contributed by atoms with Crippen molar-refractivity contribution in [3.8, 4) is 5.75 Å². The number of hydrogen-bond acceptors (Lipinski definition) is 3. The van der Waals surface area contributed by atoms with Gasteiger partial charge >= 0.3 is 0 Å². The standard InChI is InChI=1S/C15H20F2N2O.2ClH/c1-10(2)9-13(19-7-5-18-6-8-19)14-11(16)3-4-12(17)15(14)20;;/h3-4,13,18,20H,1,5-9H2,2H3;2*1H/t13-;;/m1../s1. The molecule has 0 bridgehead atoms. The van der Waals surface area contributed by atoms with Crippen molar-refractivity contribution >= 4 is 24.8 Å². The molecule has 0 amide bonds. The van der Waals surface area contributed by atoms with E-state index in [1.54, 1.807) is 0 Å². The molecule has 3 nitrogen and oxygen atoms in total. The van der Waals surface area contributed by atoms with E-state index in [2.05, 4.69) is 16.8 Å². The van der Waals surface area contributed by atoms with Crippen LogP contribution in [0.25, 0.3) is 0 Å². The lowest BCUT2D eigenvalue weighted by molar-refractivity contribution is 0.165. The van der Waals surface area contributed by atoms with Crippen LogP contribution in [-0.4, -0.2) is 36.2 Å². The van der Waals surface area contributed by atoms with Crippen molar-refractivity contribution in [3.63, 3.8) is 0 Å². The Balaban J connectivity index is 0.00000220. The molecule has 0 spiro atoms. The highest BCUT2D eigenvalue weighted by Crippen LogP contribution is 2.36. The fourth-order valence-electron chi connectivity index (χ4n) is 2.61. The number of nitrogens with one attached hydrogen (secondary N) is 1. The first-order valence-corrected chi connectivity index (χ1v) is 6.76. The molecule has 126 valence electrons. The minimum atomic E-state index is -0.789. The maximum atomic E-state index is 14.1. The zero-order valence-corrected chi connectivity index (χ0v) is 14.1. The van der Waals surface area contributed by atoms with Gasteiger partial charge in [0, 0.05) is 32.2 Å². The van der Waals surface area contributed by atoms with E-state index >= 15 is 0 Å². The number of piperazine rings is 1. The van der Waals surface area contributed by atoms with Gasteiger partial charge in [-0.05, 0) is 25.5 Å². The quantitative estimate of drug-likeness (QED) is 0.813. The summed E-state index contributed by atoms with van der Waals surface area (Å²) in [5.74, 6) is -1.95. The van der Waals surface area contributed by atoms with Crippen LogP contribution in [0.1, 0.15) is 24.9 Å². The average Bonchev–Trinajstić information content (AvgIpc) is 2.43. The Morgan fingerprint density at radius 3 is 2.36 bits per heavy atom. The van der Waals surface area contributed by atoms with Crippen molar-refractivity contribution in [2.45, 2.75) is 19.4 Å². The van der Waals surface area contributed by atoms with E-state index in [0.717, 1.165) is 43.9 Å². The lowest BCUT2D eigenvalue weighted by Gasteiger charge is -2.35. The fraction of sp³-hybridized carbons (Fsp3) is 0.467. The number of nitrogens with zero attached hydrogens (tertiary/aromatic N) is 1. The molecule has 0 saturated carbocycles. The molecule has 2 N–H and O–H groups in total. The van der Waals surface area contributed by atoms with Crippen molar-refractivity contribution in [1.82, 2.24) is 10.2 Å². The third-order valence-corrected chi connectivity index (χ3v) is 3.58. The summed E-state index contributed by atoms with van der Waals surface area (Å²) in [5.41, 5.74) is 0.909. The third-order valence-electron chi connectivity index (χ3n) is 3.58. The Morgan fingerprint density at radius 1 is 1.27 bits per heavy atom. The Hall–Kier alpha value is -0.880. The smallest absolute Gasteiger partial charge is 0.165 e. The third kappa shape index (κ3) is 4.81. The molecule has 1 aliphatic rings. The minimum Gasteiger partial charge on any atom is -0.505 e. The number of benzene rings is 1. The highest BCUT2D eigenvalue weighted by atomic mass is 35.5. The Kier molecular flexibility index (Phi) is 8.93. The van der Waals surface area contributed by atoms with Gasteiger partial charge in [0.2, 0.25) is 0 Å². The topological polar surface area (TPSA) is 35.5 Å². The molecule has 1 aromatic carbocycles. The van der Waals surface area contributed by atoms with Gasteiger partial charge in [-0.1, -0.05) is 5.57 Å². The number of phenolic OH excluding ortho intramolecular Hbond substituents is 1. The van der Waals surface area contributed by atoms with Gasteiger partial charge in [-0.15, -0.1) is 31.4 Å². The molecule has 1 atom stereocenters. The number of phenols is 1. The number of halogens is 4. The number of rotatable bonds is 4. The molecule has 0 radical (unpaired) electrons. The van der Waals surface area contributed by atoms with Crippen molar-refractivity contribution in [1.29, 1.82) is 0 Å². The molecule has 1 aliphatic heterocycles. The van der Waals surface area contributed by atoms with Crippen LogP contribution >= 0.6 is 24.8 Å². The minimum absolute atomic E-state index is 0. The molecule has 7 heteroatoms. The van der Waals surface area contributed by atoms with E-state index in [1.165, 1.54) is 0 Å². The monoisotopic (exact) mass is 354 g/mol. The predicted octanol–water partition coefficient (Wildman–Crippen LogP) is 3.43. The summed E-state index contributed by atoms with van der Waals surface area (Å²) in [4.78, 5) is 2.06. The van der Waals surface area contributed by atoms with Crippen LogP contribution in [0.2, 0.25) is 0 Å². The summed E-state index contributed by atoms with van der Waals surface area (Å²) in [5, 5.41) is 13.1. The van der Waals surface area contributed by atoms with Crippen LogP contribution in [-0.2, 0) is 0 Å². The van der Waals surface area contributed by atoms with Gasteiger partial charge in [-0.3, -0.25) is 4.90 Å². The summed E-state index contributed by atoms with van der Waals surface area (Å²) in [7, 11) is 0. The zero-order valence-electron chi connectivity index (χ0n) is 12.4. The van der Waals surface area contributed by atoms with Crippen LogP contribution in [0.3, 0.4) is 0 Å². The van der Waals surface area contributed by atoms with Crippen molar-refractivity contribution in [2.75, 3.05) is 26.2 Å². The van der Waals surface area contributed by atoms with Gasteiger partial charge < -0.3 is 10.4 Å². The van der Waals surface area contributed by atoms with E-state index in [9.17, 15) is 13.9 Å². The highest BCUT2D eigenvalue weighted by molar-refractivity contribution is 5.85. The number of aromatic hydroxyl groups is 1. The normalized spacial score (nSPS) is 16.3. The van der Waals surface area contributed by atoms with Crippen molar-refractivity contribution < 1.29 is 13.9 Å². The summed E-state index contributed by atoms with van der Waals surface area (Å²) < 4.78 is 27.6. The largest absolute Gasteiger partial charge is 0.505 e. The molecule has 1 saturated heterocycles. The van der Waals surface area contributed by atoms with E-state index in [0.29, 0.717) is 6.42 Å². The molecular formula is C15H22Cl2F2N2O. The van der Waals surface area contributed by atoms with E-state index in [-0.39, 0.29) is 36.4 Å². The summed E-state index contributed by atoms with van der Waals surface area (Å²) in [6.45, 7) is 8.76. The first-order valence-electron chi connectivity index (χ1n) is 6.76. The summed E-state index contributed by atoms with van der Waals surface area (Å²) >= 11 is 0. The first kappa shape index (κ1) is 21.1. The molecule has 0 aliphatic carbocycles. The molecule has 2 rings (SSSR count). The Morgan fingerprint density at radius 2 is 1.82 bits per heavy atom. The molecule has 1 aromatic rings. The predicted molar refractivity (Wildman–Crippen MR) is 89.1 cm³/mol. The van der Waals surface area contributed by atoms with Gasteiger partial charge in [0.15, 0.2) is 11.6 Å². The van der Waals surface area contributed by atoms with Gasteiger partial charge in [0.25, 0.3) is 0 Å². The zero-order chi connectivity index (χ0) is 14.7. The second-order valence-corrected chi connectivity index (χ2v) is 5.25. The van der Waals surface area contributed by atoms with Gasteiger partial charge in [0.1, 0.15) is 5.82 Å². The fourth-order valence-corrected chi connectivity index (χ4v) is 2.61. The summed E-state index contributed by atoms with van der Waals surface area (Å²) in [6.07, 6.45) is 0.494. The average molecular weight is 355 g/mol. The molecule has 1 heterocycles. The van der Waals surface area contributed by atoms with Crippen LogP contribution in [0.15, 0.2) is 24.3 Å². The van der Waals surface area contributed by atoms with Gasteiger partial charge in [0.05, 0.1) is 5.56 Å². The maximum absolute atomic E-state index is 14.1. The number of hydrogen-bond donors (Lipinski definition) is 2. The first-order chi connectivity index (χ1) is 9.50. The Labute approximate surface area is 142 Å². The van der Waals surface area contributed by atoms with Crippen molar-refractivity contribution in [3.05, 3.63) is 41.5 Å². The molecule has 22 heavy (non-hydrogen) atoms. The molecule has 0 unspecified atom stereocenters. The SMILES string of the molecule is C=C(C)C[C@H](c1c(F)ccc(F)c1O)N1CCNCC1.Cl.Cl. The van der Waals surface area contributed by atoms with Crippen LogP contribution in [0.5, 0.6) is 5.75 Å². The van der Waals surface area contributed by atoms with E-state index in [4.69, 9.17) is 0 Å². The molecule has 1 fully saturated rings. The van der Waals surface area contributed by atoms with Gasteiger partial charge in [-0.2, -0.15) is 0 Å². The second-order valence-electron chi connectivity index (χ2n) is 5.25. The second kappa shape index (κ2) is 9.30. The van der Waals surface area contributed by atoms with Crippen LogP contribution in [0.4, 0.5) is 8.78 Å². The lowest BCUT2D eigenvalue weighted by atomic mass is 9.96. The van der Waals surface area contributed by atoms with Crippen LogP contribution in [0, 0.1) is 11.6 Å². The maximum Gasteiger partial charge on any atom is 0.165 e. The van der Waals surface area contributed by atoms with Gasteiger partial charge in [-0.25, -0.2) is 8.78 Å². The Bertz CT molecular complexity index is 509. The highest BCUT2D eigenvalue weighted by Gasteiger charge is 2.28. The lowest BCUT2D eigenvalue weighted by Crippen LogP contribution is -2.45. The molecular weight excluding hydrogens is 333 g/mol. The van der Waals surface area contributed by atoms with E-state index < -0.39 is 17.4 Å².